The maximum Gasteiger partial charge on any atom is 0.472 e. The Morgan fingerprint density at radius 3 is 0.884 bits per heavy atom. The number of carbonyl (C=O) groups is 4. The van der Waals surface area contributed by atoms with E-state index in [0.29, 0.717) is 25.7 Å². The van der Waals surface area contributed by atoms with Crippen LogP contribution in [0.2, 0.25) is 0 Å². The van der Waals surface area contributed by atoms with E-state index in [4.69, 9.17) is 37.0 Å². The molecule has 0 aromatic carbocycles. The van der Waals surface area contributed by atoms with Gasteiger partial charge in [-0.15, -0.1) is 0 Å². The van der Waals surface area contributed by atoms with Crippen molar-refractivity contribution in [2.75, 3.05) is 39.6 Å². The van der Waals surface area contributed by atoms with Gasteiger partial charge in [-0.1, -0.05) is 286 Å². The van der Waals surface area contributed by atoms with Crippen LogP contribution in [0.3, 0.4) is 0 Å². The third-order valence-electron chi connectivity index (χ3n) is 15.8. The molecule has 6 atom stereocenters. The van der Waals surface area contributed by atoms with Gasteiger partial charge < -0.3 is 33.8 Å². The number of esters is 4. The highest BCUT2D eigenvalue weighted by Crippen LogP contribution is 2.45. The fraction of sp³-hybridized carbons (Fsp3) is 0.940. The van der Waals surface area contributed by atoms with Crippen molar-refractivity contribution >= 4 is 39.5 Å². The van der Waals surface area contributed by atoms with Gasteiger partial charge in [-0.25, -0.2) is 9.13 Å². The number of hydrogen-bond acceptors (Lipinski definition) is 15. The molecule has 3 unspecified atom stereocenters. The molecule has 3 N–H and O–H groups in total. The Morgan fingerprint density at radius 2 is 0.593 bits per heavy atom. The summed E-state index contributed by atoms with van der Waals surface area (Å²) in [7, 11) is -9.88. The molecule has 0 aromatic rings. The van der Waals surface area contributed by atoms with Crippen molar-refractivity contribution < 1.29 is 80.2 Å². The Morgan fingerprint density at radius 1 is 0.337 bits per heavy atom. The number of hydrogen-bond donors (Lipinski definition) is 3. The first kappa shape index (κ1) is 84.1. The number of aliphatic hydroxyl groups is 1. The minimum Gasteiger partial charge on any atom is -0.462 e. The van der Waals surface area contributed by atoms with Crippen LogP contribution >= 0.6 is 15.6 Å². The molecule has 0 saturated carbocycles. The molecule has 0 aliphatic carbocycles. The van der Waals surface area contributed by atoms with Crippen molar-refractivity contribution in [3.63, 3.8) is 0 Å². The average Bonchev–Trinajstić information content (AvgIpc) is 3.70. The molecule has 0 saturated heterocycles. The van der Waals surface area contributed by atoms with Crippen LogP contribution in [0.1, 0.15) is 337 Å². The monoisotopic (exact) mass is 1270 g/mol. The molecular weight excluding hydrogens is 1140 g/mol. The number of phosphoric acid groups is 2. The Hall–Kier alpha value is -1.94. The second-order valence-electron chi connectivity index (χ2n) is 24.9. The van der Waals surface area contributed by atoms with Gasteiger partial charge in [0.25, 0.3) is 0 Å². The predicted molar refractivity (Wildman–Crippen MR) is 345 cm³/mol. The van der Waals surface area contributed by atoms with Crippen molar-refractivity contribution in [1.82, 2.24) is 0 Å². The fourth-order valence-electron chi connectivity index (χ4n) is 10.0. The molecule has 0 bridgehead atoms. The molecule has 0 spiro atoms. The summed E-state index contributed by atoms with van der Waals surface area (Å²) in [6.45, 7) is 9.43. The highest BCUT2D eigenvalue weighted by Gasteiger charge is 2.30. The molecule has 0 amide bonds. The SMILES string of the molecule is CCCCCCCCCC(=O)O[C@H](COC(=O)CCCCCCC)COP(=O)(O)OC[C@H](O)COP(=O)(O)OC[C@@H](COC(=O)CCCCCCCCCCCC(C)C)OC(=O)CCCCCCCCCCCCCCCCCCCCC(C)CC. The second-order valence-corrected chi connectivity index (χ2v) is 27.8. The molecule has 0 aromatic heterocycles. The van der Waals surface area contributed by atoms with Gasteiger partial charge in [0.2, 0.25) is 0 Å². The predicted octanol–water partition coefficient (Wildman–Crippen LogP) is 18.8. The van der Waals surface area contributed by atoms with Crippen LogP contribution in [-0.2, 0) is 65.4 Å². The largest absolute Gasteiger partial charge is 0.472 e. The lowest BCUT2D eigenvalue weighted by molar-refractivity contribution is -0.161. The first-order chi connectivity index (χ1) is 41.4. The van der Waals surface area contributed by atoms with E-state index in [-0.39, 0.29) is 25.7 Å². The third-order valence-corrected chi connectivity index (χ3v) is 17.7. The lowest BCUT2D eigenvalue weighted by Gasteiger charge is -2.21. The summed E-state index contributed by atoms with van der Waals surface area (Å²) in [5.41, 5.74) is 0. The van der Waals surface area contributed by atoms with Crippen molar-refractivity contribution in [3.8, 4) is 0 Å². The lowest BCUT2D eigenvalue weighted by Crippen LogP contribution is -2.30. The van der Waals surface area contributed by atoms with Gasteiger partial charge in [0.05, 0.1) is 26.4 Å². The fourth-order valence-corrected chi connectivity index (χ4v) is 11.6. The standard InChI is InChI=1S/C67H130O17P2/c1-7-10-12-14-30-39-45-51-66(71)83-62(55-77-64(69)49-43-35-13-11-8-2)57-81-85(73,74)79-53-61(68)54-80-86(75,76)82-58-63(56-78-65(70)50-44-38-33-29-25-26-31-36-41-47-59(4)5)84-67(72)52-46-40-34-28-24-22-20-18-16-15-17-19-21-23-27-32-37-42-48-60(6)9-3/h59-63,68H,7-58H2,1-6H3,(H,73,74)(H,75,76)/t60?,61-,62+,63+/m0/s1. The molecule has 0 radical (unpaired) electrons. The van der Waals surface area contributed by atoms with E-state index in [1.807, 2.05) is 0 Å². The number of aliphatic hydroxyl groups excluding tert-OH is 1. The summed E-state index contributed by atoms with van der Waals surface area (Å²) >= 11 is 0. The summed E-state index contributed by atoms with van der Waals surface area (Å²) in [5.74, 6) is -0.532. The van der Waals surface area contributed by atoms with E-state index < -0.39 is 97.5 Å². The number of rotatable bonds is 66. The summed E-state index contributed by atoms with van der Waals surface area (Å²) < 4.78 is 67.8. The third kappa shape index (κ3) is 59.7. The van der Waals surface area contributed by atoms with E-state index in [1.54, 1.807) is 0 Å². The number of carbonyl (C=O) groups excluding carboxylic acids is 4. The van der Waals surface area contributed by atoms with Gasteiger partial charge in [-0.3, -0.25) is 37.3 Å². The molecule has 510 valence electrons. The maximum absolute atomic E-state index is 13.0. The molecule has 86 heavy (non-hydrogen) atoms. The molecule has 0 heterocycles. The van der Waals surface area contributed by atoms with E-state index in [2.05, 4.69) is 41.5 Å². The number of phosphoric ester groups is 2. The minimum absolute atomic E-state index is 0.103. The highest BCUT2D eigenvalue weighted by atomic mass is 31.2. The van der Waals surface area contributed by atoms with Gasteiger partial charge >= 0.3 is 39.5 Å². The van der Waals surface area contributed by atoms with Crippen molar-refractivity contribution in [2.24, 2.45) is 11.8 Å². The average molecular weight is 1270 g/mol. The Balaban J connectivity index is 5.06. The molecule has 0 aliphatic heterocycles. The Kier molecular flexibility index (Phi) is 58.0. The van der Waals surface area contributed by atoms with Gasteiger partial charge in [0, 0.05) is 25.7 Å². The zero-order valence-electron chi connectivity index (χ0n) is 55.6. The molecule has 0 fully saturated rings. The summed E-state index contributed by atoms with van der Waals surface area (Å²) in [6.07, 6.45) is 43.7. The zero-order valence-corrected chi connectivity index (χ0v) is 57.4. The summed E-state index contributed by atoms with van der Waals surface area (Å²) in [4.78, 5) is 71.9. The summed E-state index contributed by atoms with van der Waals surface area (Å²) in [6, 6.07) is 0. The van der Waals surface area contributed by atoms with E-state index in [9.17, 15) is 43.2 Å². The van der Waals surface area contributed by atoms with E-state index >= 15 is 0 Å². The van der Waals surface area contributed by atoms with Gasteiger partial charge in [0.1, 0.15) is 19.3 Å². The first-order valence-electron chi connectivity index (χ1n) is 35.0. The van der Waals surface area contributed by atoms with Crippen LogP contribution in [0.4, 0.5) is 0 Å². The molecule has 17 nitrogen and oxygen atoms in total. The first-order valence-corrected chi connectivity index (χ1v) is 38.0. The second kappa shape index (κ2) is 59.4. The smallest absolute Gasteiger partial charge is 0.462 e. The normalized spacial score (nSPS) is 14.5. The minimum atomic E-state index is -4.95. The van der Waals surface area contributed by atoms with Crippen molar-refractivity contribution in [3.05, 3.63) is 0 Å². The lowest BCUT2D eigenvalue weighted by atomic mass is 9.99. The highest BCUT2D eigenvalue weighted by molar-refractivity contribution is 7.47. The van der Waals surface area contributed by atoms with Gasteiger partial charge in [0.15, 0.2) is 12.2 Å². The van der Waals surface area contributed by atoms with Crippen molar-refractivity contribution in [1.29, 1.82) is 0 Å². The Bertz CT molecular complexity index is 1690. The van der Waals surface area contributed by atoms with Gasteiger partial charge in [-0.05, 0) is 37.5 Å². The quantitative estimate of drug-likeness (QED) is 0.0222. The summed E-state index contributed by atoms with van der Waals surface area (Å²) in [5, 5.41) is 10.5. The van der Waals surface area contributed by atoms with E-state index in [1.165, 1.54) is 135 Å². The molecule has 0 rings (SSSR count). The molecule has 0 aliphatic rings. The van der Waals surface area contributed by atoms with Crippen LogP contribution < -0.4 is 0 Å². The topological polar surface area (TPSA) is 237 Å². The molecular formula is C67H130O17P2. The van der Waals surface area contributed by atoms with Gasteiger partial charge in [-0.2, -0.15) is 0 Å². The zero-order chi connectivity index (χ0) is 63.6. The Labute approximate surface area is 524 Å². The number of unbranched alkanes of at least 4 members (excludes halogenated alkanes) is 35. The maximum atomic E-state index is 13.0. The van der Waals surface area contributed by atoms with Crippen LogP contribution in [0.25, 0.3) is 0 Å². The van der Waals surface area contributed by atoms with E-state index in [0.717, 1.165) is 121 Å². The van der Waals surface area contributed by atoms with Crippen LogP contribution in [-0.4, -0.2) is 96.7 Å². The van der Waals surface area contributed by atoms with Crippen LogP contribution in [0, 0.1) is 11.8 Å². The molecule has 19 heteroatoms. The van der Waals surface area contributed by atoms with Crippen LogP contribution in [0.5, 0.6) is 0 Å². The van der Waals surface area contributed by atoms with Crippen molar-refractivity contribution in [2.45, 2.75) is 355 Å². The number of ether oxygens (including phenoxy) is 4. The van der Waals surface area contributed by atoms with Crippen LogP contribution in [0.15, 0.2) is 0 Å².